The maximum absolute atomic E-state index is 10.6. The minimum Gasteiger partial charge on any atom is -0.359 e. The van der Waals surface area contributed by atoms with Gasteiger partial charge in [0.25, 0.3) is 0 Å². The Morgan fingerprint density at radius 3 is 2.56 bits per heavy atom. The van der Waals surface area contributed by atoms with Gasteiger partial charge in [0.15, 0.2) is 0 Å². The van der Waals surface area contributed by atoms with E-state index in [-0.39, 0.29) is 0 Å². The Bertz CT molecular complexity index is 435. The zero-order valence-corrected chi connectivity index (χ0v) is 11.1. The minimum atomic E-state index is 0.789. The molecule has 4 nitrogen and oxygen atoms in total. The van der Waals surface area contributed by atoms with Crippen molar-refractivity contribution in [3.05, 3.63) is 36.0 Å². The Morgan fingerprint density at radius 2 is 2.06 bits per heavy atom. The van der Waals surface area contributed by atoms with Crippen LogP contribution in [-0.4, -0.2) is 26.7 Å². The number of amides is 1. The van der Waals surface area contributed by atoms with Crippen LogP contribution in [-0.2, 0) is 4.79 Å². The molecule has 0 radical (unpaired) electrons. The first kappa shape index (κ1) is 14.0. The first-order valence-electron chi connectivity index (χ1n) is 5.87. The highest BCUT2D eigenvalue weighted by Gasteiger charge is 1.99. The average molecular weight is 245 g/mol. The van der Waals surface area contributed by atoms with Crippen molar-refractivity contribution in [3.63, 3.8) is 0 Å². The van der Waals surface area contributed by atoms with Crippen molar-refractivity contribution in [1.82, 2.24) is 0 Å². The molecule has 0 spiro atoms. The van der Waals surface area contributed by atoms with E-state index in [1.54, 1.807) is 20.3 Å². The predicted octanol–water partition coefficient (Wildman–Crippen LogP) is 2.69. The molecule has 0 fully saturated rings. The third-order valence-electron chi connectivity index (χ3n) is 2.54. The molecule has 18 heavy (non-hydrogen) atoms. The fourth-order valence-corrected chi connectivity index (χ4v) is 1.44. The number of rotatable bonds is 6. The Kier molecular flexibility index (Phi) is 5.64. The van der Waals surface area contributed by atoms with Crippen LogP contribution in [0.5, 0.6) is 0 Å². The fraction of sp³-hybridized carbons (Fsp3) is 0.286. The molecule has 0 saturated heterocycles. The van der Waals surface area contributed by atoms with Gasteiger partial charge in [0.1, 0.15) is 0 Å². The Balaban J connectivity index is 2.76. The largest absolute Gasteiger partial charge is 0.359 e. The van der Waals surface area contributed by atoms with Crippen molar-refractivity contribution in [2.45, 2.75) is 13.3 Å². The van der Waals surface area contributed by atoms with Crippen LogP contribution >= 0.6 is 0 Å². The van der Waals surface area contributed by atoms with E-state index in [0.29, 0.717) is 0 Å². The third kappa shape index (κ3) is 4.05. The predicted molar refractivity (Wildman–Crippen MR) is 77.3 cm³/mol. The van der Waals surface area contributed by atoms with Crippen molar-refractivity contribution in [2.24, 2.45) is 4.99 Å². The van der Waals surface area contributed by atoms with Gasteiger partial charge in [-0.05, 0) is 36.8 Å². The lowest BCUT2D eigenvalue weighted by Gasteiger charge is -2.13. The summed E-state index contributed by atoms with van der Waals surface area (Å²) in [6.45, 7) is 2.08. The summed E-state index contributed by atoms with van der Waals surface area (Å²) in [6.07, 6.45) is 5.41. The number of benzene rings is 1. The van der Waals surface area contributed by atoms with Gasteiger partial charge in [-0.2, -0.15) is 0 Å². The van der Waals surface area contributed by atoms with Crippen LogP contribution in [0.3, 0.4) is 0 Å². The summed E-state index contributed by atoms with van der Waals surface area (Å²) in [5.41, 5.74) is 2.96. The molecule has 0 aliphatic heterocycles. The zero-order valence-electron chi connectivity index (χ0n) is 11.1. The molecule has 1 N–H and O–H groups in total. The molecule has 0 aliphatic rings. The fourth-order valence-electron chi connectivity index (χ4n) is 1.44. The van der Waals surface area contributed by atoms with E-state index in [1.807, 2.05) is 30.3 Å². The Hall–Kier alpha value is -2.10. The molecule has 0 atom stereocenters. The maximum Gasteiger partial charge on any atom is 0.213 e. The molecule has 0 bridgehead atoms. The van der Waals surface area contributed by atoms with E-state index in [9.17, 15) is 4.79 Å². The molecule has 0 unspecified atom stereocenters. The van der Waals surface area contributed by atoms with Crippen LogP contribution in [0.1, 0.15) is 13.3 Å². The molecule has 0 aliphatic carbocycles. The molecule has 1 amide bonds. The monoisotopic (exact) mass is 245 g/mol. The summed E-state index contributed by atoms with van der Waals surface area (Å²) in [5, 5.41) is 3.31. The van der Waals surface area contributed by atoms with E-state index in [1.165, 1.54) is 4.90 Å². The molecule has 1 aromatic carbocycles. The van der Waals surface area contributed by atoms with E-state index < -0.39 is 0 Å². The summed E-state index contributed by atoms with van der Waals surface area (Å²) >= 11 is 0. The SMILES string of the molecule is CC/C(=C\C=NC)Nc1ccc(N(C)C=O)cc1. The maximum atomic E-state index is 10.6. The van der Waals surface area contributed by atoms with Crippen LogP contribution in [0.15, 0.2) is 41.0 Å². The van der Waals surface area contributed by atoms with Crippen LogP contribution < -0.4 is 10.2 Å². The molecule has 4 heteroatoms. The number of hydrogen-bond acceptors (Lipinski definition) is 3. The number of anilines is 2. The topological polar surface area (TPSA) is 44.7 Å². The average Bonchev–Trinajstić information content (AvgIpc) is 2.43. The molecule has 1 rings (SSSR count). The molecule has 0 heterocycles. The van der Waals surface area contributed by atoms with Crippen LogP contribution in [0, 0.1) is 0 Å². The van der Waals surface area contributed by atoms with Crippen molar-refractivity contribution in [1.29, 1.82) is 0 Å². The highest BCUT2D eigenvalue weighted by molar-refractivity contribution is 5.76. The number of carbonyl (C=O) groups is 1. The van der Waals surface area contributed by atoms with E-state index in [2.05, 4.69) is 17.2 Å². The van der Waals surface area contributed by atoms with Gasteiger partial charge < -0.3 is 10.2 Å². The Labute approximate surface area is 108 Å². The van der Waals surface area contributed by atoms with Crippen molar-refractivity contribution < 1.29 is 4.79 Å². The highest BCUT2D eigenvalue weighted by Crippen LogP contribution is 2.17. The normalized spacial score (nSPS) is 11.6. The van der Waals surface area contributed by atoms with Gasteiger partial charge in [-0.15, -0.1) is 0 Å². The smallest absolute Gasteiger partial charge is 0.213 e. The van der Waals surface area contributed by atoms with E-state index in [4.69, 9.17) is 0 Å². The quantitative estimate of drug-likeness (QED) is 0.618. The van der Waals surface area contributed by atoms with Gasteiger partial charge in [0.2, 0.25) is 6.41 Å². The van der Waals surface area contributed by atoms with Crippen LogP contribution in [0.25, 0.3) is 0 Å². The lowest BCUT2D eigenvalue weighted by molar-refractivity contribution is -0.107. The van der Waals surface area contributed by atoms with Gasteiger partial charge in [-0.3, -0.25) is 9.79 Å². The highest BCUT2D eigenvalue weighted by atomic mass is 16.1. The second-order valence-corrected chi connectivity index (χ2v) is 3.84. The van der Waals surface area contributed by atoms with Crippen LogP contribution in [0.2, 0.25) is 0 Å². The summed E-state index contributed by atoms with van der Waals surface area (Å²) < 4.78 is 0. The summed E-state index contributed by atoms with van der Waals surface area (Å²) in [6, 6.07) is 7.69. The van der Waals surface area contributed by atoms with Crippen molar-refractivity contribution >= 4 is 24.0 Å². The molecule has 96 valence electrons. The van der Waals surface area contributed by atoms with Gasteiger partial charge in [-0.25, -0.2) is 0 Å². The lowest BCUT2D eigenvalue weighted by Crippen LogP contribution is -2.13. The molecule has 0 saturated carbocycles. The van der Waals surface area contributed by atoms with Gasteiger partial charge in [0.05, 0.1) is 0 Å². The molecule has 1 aromatic rings. The van der Waals surface area contributed by atoms with Crippen molar-refractivity contribution in [3.8, 4) is 0 Å². The summed E-state index contributed by atoms with van der Waals surface area (Å²) in [5.74, 6) is 0. The third-order valence-corrected chi connectivity index (χ3v) is 2.54. The lowest BCUT2D eigenvalue weighted by atomic mass is 10.2. The van der Waals surface area contributed by atoms with E-state index >= 15 is 0 Å². The first-order chi connectivity index (χ1) is 8.71. The number of hydrogen-bond donors (Lipinski definition) is 1. The Morgan fingerprint density at radius 1 is 1.39 bits per heavy atom. The molecular formula is C14H19N3O. The number of allylic oxidation sites excluding steroid dienone is 2. The number of carbonyl (C=O) groups excluding carboxylic acids is 1. The molecule has 0 aromatic heterocycles. The first-order valence-corrected chi connectivity index (χ1v) is 5.87. The van der Waals surface area contributed by atoms with Gasteiger partial charge >= 0.3 is 0 Å². The number of nitrogens with one attached hydrogen (secondary N) is 1. The molecular weight excluding hydrogens is 226 g/mol. The van der Waals surface area contributed by atoms with E-state index in [0.717, 1.165) is 29.9 Å². The van der Waals surface area contributed by atoms with Crippen LogP contribution in [0.4, 0.5) is 11.4 Å². The summed E-state index contributed by atoms with van der Waals surface area (Å²) in [4.78, 5) is 16.1. The summed E-state index contributed by atoms with van der Waals surface area (Å²) in [7, 11) is 3.47. The number of nitrogens with zero attached hydrogens (tertiary/aromatic N) is 2. The zero-order chi connectivity index (χ0) is 13.4. The number of aliphatic imine (C=N–C) groups is 1. The van der Waals surface area contributed by atoms with Gasteiger partial charge in [-0.1, -0.05) is 6.92 Å². The van der Waals surface area contributed by atoms with Gasteiger partial charge in [0, 0.05) is 37.4 Å². The second-order valence-electron chi connectivity index (χ2n) is 3.84. The standard InChI is InChI=1S/C14H19N3O/c1-4-12(9-10-15-2)16-13-5-7-14(8-6-13)17(3)11-18/h5-11,16H,4H2,1-3H3/b12-9+,15-10?. The minimum absolute atomic E-state index is 0.789. The van der Waals surface area contributed by atoms with Crippen molar-refractivity contribution in [2.75, 3.05) is 24.3 Å². The second kappa shape index (κ2) is 7.27.